The van der Waals surface area contributed by atoms with Crippen molar-refractivity contribution in [3.05, 3.63) is 42.2 Å². The van der Waals surface area contributed by atoms with E-state index in [-0.39, 0.29) is 18.4 Å². The van der Waals surface area contributed by atoms with Crippen LogP contribution in [-0.2, 0) is 11.2 Å². The van der Waals surface area contributed by atoms with Gasteiger partial charge in [-0.05, 0) is 24.5 Å². The second kappa shape index (κ2) is 10.4. The van der Waals surface area contributed by atoms with Crippen LogP contribution < -0.4 is 5.73 Å². The molecule has 0 aliphatic rings. The molecular weight excluding hydrogens is 276 g/mol. The van der Waals surface area contributed by atoms with E-state index < -0.39 is 11.9 Å². The number of unbranched alkanes of at least 4 members (excludes halogenated alkanes) is 1. The molecule has 2 unspecified atom stereocenters. The maximum absolute atomic E-state index is 11.2. The number of halogens is 1. The molecule has 20 heavy (non-hydrogen) atoms. The molecule has 1 aromatic rings. The molecule has 1 aromatic heterocycles. The highest BCUT2D eigenvalue weighted by Crippen LogP contribution is 2.11. The van der Waals surface area contributed by atoms with Crippen molar-refractivity contribution in [2.75, 3.05) is 0 Å². The van der Waals surface area contributed by atoms with E-state index in [2.05, 4.69) is 11.9 Å². The first-order valence-electron chi connectivity index (χ1n) is 6.69. The van der Waals surface area contributed by atoms with E-state index in [0.29, 0.717) is 6.42 Å². The highest BCUT2D eigenvalue weighted by Gasteiger charge is 2.15. The molecular formula is C15H23ClN2O2. The average Bonchev–Trinajstić information content (AvgIpc) is 2.41. The van der Waals surface area contributed by atoms with Gasteiger partial charge in [-0.15, -0.1) is 12.4 Å². The van der Waals surface area contributed by atoms with Gasteiger partial charge in [0.1, 0.15) is 0 Å². The number of hydrogen-bond donors (Lipinski definition) is 2. The van der Waals surface area contributed by atoms with E-state index in [1.54, 1.807) is 18.5 Å². The Morgan fingerprint density at radius 3 is 2.80 bits per heavy atom. The van der Waals surface area contributed by atoms with Crippen molar-refractivity contribution in [2.45, 2.75) is 38.6 Å². The molecule has 1 rings (SSSR count). The summed E-state index contributed by atoms with van der Waals surface area (Å²) in [6, 6.07) is 3.63. The van der Waals surface area contributed by atoms with Gasteiger partial charge in [-0.1, -0.05) is 38.0 Å². The lowest BCUT2D eigenvalue weighted by atomic mass is 9.98. The lowest BCUT2D eigenvalue weighted by Crippen LogP contribution is -2.19. The number of carboxylic acid groups (broad SMARTS) is 1. The number of aliphatic carboxylic acids is 1. The number of hydrogen-bond acceptors (Lipinski definition) is 3. The second-order valence-corrected chi connectivity index (χ2v) is 4.70. The molecule has 112 valence electrons. The Kier molecular flexibility index (Phi) is 9.68. The fraction of sp³-hybridized carbons (Fsp3) is 0.467. The van der Waals surface area contributed by atoms with Gasteiger partial charge >= 0.3 is 5.97 Å². The van der Waals surface area contributed by atoms with Gasteiger partial charge in [0.15, 0.2) is 0 Å². The third-order valence-corrected chi connectivity index (χ3v) is 2.98. The molecule has 0 saturated heterocycles. The van der Waals surface area contributed by atoms with Gasteiger partial charge < -0.3 is 10.8 Å². The SMILES string of the molecule is CCCCC(N)/C=C\C(Cc1cccnc1)C(=O)O.Cl. The van der Waals surface area contributed by atoms with E-state index in [9.17, 15) is 9.90 Å². The molecule has 0 aromatic carbocycles. The smallest absolute Gasteiger partial charge is 0.310 e. The lowest BCUT2D eigenvalue weighted by Gasteiger charge is -2.09. The average molecular weight is 299 g/mol. The van der Waals surface area contributed by atoms with Crippen LogP contribution >= 0.6 is 12.4 Å². The summed E-state index contributed by atoms with van der Waals surface area (Å²) >= 11 is 0. The van der Waals surface area contributed by atoms with Gasteiger partial charge in [0.05, 0.1) is 5.92 Å². The molecule has 0 fully saturated rings. The predicted molar refractivity (Wildman–Crippen MR) is 83.0 cm³/mol. The number of pyridine rings is 1. The summed E-state index contributed by atoms with van der Waals surface area (Å²) in [5, 5.41) is 9.21. The van der Waals surface area contributed by atoms with Crippen LogP contribution in [0.3, 0.4) is 0 Å². The van der Waals surface area contributed by atoms with Gasteiger partial charge in [0.25, 0.3) is 0 Å². The topological polar surface area (TPSA) is 76.2 Å². The summed E-state index contributed by atoms with van der Waals surface area (Å²) < 4.78 is 0. The van der Waals surface area contributed by atoms with Crippen LogP contribution in [0.15, 0.2) is 36.7 Å². The molecule has 0 aliphatic heterocycles. The minimum Gasteiger partial charge on any atom is -0.481 e. The van der Waals surface area contributed by atoms with Crippen LogP contribution in [-0.4, -0.2) is 22.1 Å². The van der Waals surface area contributed by atoms with Gasteiger partial charge in [-0.2, -0.15) is 0 Å². The van der Waals surface area contributed by atoms with Crippen molar-refractivity contribution < 1.29 is 9.90 Å². The molecule has 0 spiro atoms. The molecule has 0 radical (unpaired) electrons. The summed E-state index contributed by atoms with van der Waals surface area (Å²) in [4.78, 5) is 15.2. The number of nitrogens with two attached hydrogens (primary N) is 1. The first kappa shape index (κ1) is 18.6. The van der Waals surface area contributed by atoms with Crippen LogP contribution in [0.4, 0.5) is 0 Å². The molecule has 0 bridgehead atoms. The lowest BCUT2D eigenvalue weighted by molar-refractivity contribution is -0.140. The zero-order valence-corrected chi connectivity index (χ0v) is 12.6. The zero-order chi connectivity index (χ0) is 14.1. The van der Waals surface area contributed by atoms with Crippen molar-refractivity contribution in [2.24, 2.45) is 11.7 Å². The van der Waals surface area contributed by atoms with Crippen LogP contribution in [0.1, 0.15) is 31.7 Å². The van der Waals surface area contributed by atoms with Gasteiger partial charge in [0.2, 0.25) is 0 Å². The van der Waals surface area contributed by atoms with Crippen molar-refractivity contribution in [3.8, 4) is 0 Å². The molecule has 3 N–H and O–H groups in total. The molecule has 2 atom stereocenters. The van der Waals surface area contributed by atoms with E-state index >= 15 is 0 Å². The summed E-state index contributed by atoms with van der Waals surface area (Å²) in [6.07, 6.45) is 10.4. The first-order valence-corrected chi connectivity index (χ1v) is 6.69. The Morgan fingerprint density at radius 2 is 2.25 bits per heavy atom. The van der Waals surface area contributed by atoms with Crippen LogP contribution in [0.5, 0.6) is 0 Å². The van der Waals surface area contributed by atoms with Gasteiger partial charge in [-0.25, -0.2) is 0 Å². The molecule has 1 heterocycles. The first-order chi connectivity index (χ1) is 9.13. The van der Waals surface area contributed by atoms with Gasteiger partial charge in [-0.3, -0.25) is 9.78 Å². The van der Waals surface area contributed by atoms with Crippen LogP contribution in [0, 0.1) is 5.92 Å². The van der Waals surface area contributed by atoms with Crippen molar-refractivity contribution in [1.29, 1.82) is 0 Å². The number of aromatic nitrogens is 1. The minimum atomic E-state index is -0.831. The molecule has 0 aliphatic carbocycles. The quantitative estimate of drug-likeness (QED) is 0.724. The zero-order valence-electron chi connectivity index (χ0n) is 11.7. The standard InChI is InChI=1S/C15H22N2O2.ClH/c1-2-3-6-14(16)8-7-13(15(18)19)10-12-5-4-9-17-11-12;/h4-5,7-9,11,13-14H,2-3,6,10,16H2,1H3,(H,18,19);1H/b8-7-;. The maximum Gasteiger partial charge on any atom is 0.310 e. The fourth-order valence-electron chi connectivity index (χ4n) is 1.82. The summed E-state index contributed by atoms with van der Waals surface area (Å²) in [6.45, 7) is 2.11. The highest BCUT2D eigenvalue weighted by molar-refractivity contribution is 5.85. The normalized spacial score (nSPS) is 13.7. The largest absolute Gasteiger partial charge is 0.481 e. The highest BCUT2D eigenvalue weighted by atomic mass is 35.5. The van der Waals surface area contributed by atoms with E-state index in [1.807, 2.05) is 18.2 Å². The van der Waals surface area contributed by atoms with Crippen molar-refractivity contribution >= 4 is 18.4 Å². The second-order valence-electron chi connectivity index (χ2n) is 4.70. The number of carbonyl (C=O) groups is 1. The third-order valence-electron chi connectivity index (χ3n) is 2.98. The Balaban J connectivity index is 0.00000361. The summed E-state index contributed by atoms with van der Waals surface area (Å²) in [5.41, 5.74) is 6.83. The molecule has 4 nitrogen and oxygen atoms in total. The van der Waals surface area contributed by atoms with Gasteiger partial charge in [0, 0.05) is 18.4 Å². The monoisotopic (exact) mass is 298 g/mol. The Morgan fingerprint density at radius 1 is 1.50 bits per heavy atom. The minimum absolute atomic E-state index is 0. The predicted octanol–water partition coefficient (Wildman–Crippen LogP) is 2.82. The molecule has 0 amide bonds. The van der Waals surface area contributed by atoms with Crippen molar-refractivity contribution in [1.82, 2.24) is 4.98 Å². The maximum atomic E-state index is 11.2. The van der Waals surface area contributed by atoms with E-state index in [0.717, 1.165) is 24.8 Å². The van der Waals surface area contributed by atoms with Crippen LogP contribution in [0.25, 0.3) is 0 Å². The molecule has 5 heteroatoms. The molecule has 0 saturated carbocycles. The summed E-state index contributed by atoms with van der Waals surface area (Å²) in [5.74, 6) is -1.38. The van der Waals surface area contributed by atoms with E-state index in [4.69, 9.17) is 5.73 Å². The number of rotatable bonds is 8. The third kappa shape index (κ3) is 7.26. The van der Waals surface area contributed by atoms with E-state index in [1.165, 1.54) is 0 Å². The Labute approximate surface area is 126 Å². The summed E-state index contributed by atoms with van der Waals surface area (Å²) in [7, 11) is 0. The Hall–Kier alpha value is -1.39. The fourth-order valence-corrected chi connectivity index (χ4v) is 1.82. The van der Waals surface area contributed by atoms with Crippen molar-refractivity contribution in [3.63, 3.8) is 0 Å². The number of nitrogens with zero attached hydrogens (tertiary/aromatic N) is 1. The van der Waals surface area contributed by atoms with Crippen LogP contribution in [0.2, 0.25) is 0 Å². The number of carboxylic acids is 1. The Bertz CT molecular complexity index is 410.